The van der Waals surface area contributed by atoms with Gasteiger partial charge in [-0.25, -0.2) is 0 Å². The Morgan fingerprint density at radius 3 is 1.93 bits per heavy atom. The number of rotatable bonds is 8. The molecule has 0 unspecified atom stereocenters. The summed E-state index contributed by atoms with van der Waals surface area (Å²) >= 11 is 0. The van der Waals surface area contributed by atoms with Crippen molar-refractivity contribution < 1.29 is 9.90 Å². The van der Waals surface area contributed by atoms with E-state index in [4.69, 9.17) is 0 Å². The van der Waals surface area contributed by atoms with E-state index in [1.807, 2.05) is 13.8 Å². The lowest BCUT2D eigenvalue weighted by Crippen LogP contribution is -2.43. The Hall–Kier alpha value is -0.570. The highest BCUT2D eigenvalue weighted by atomic mass is 16.4. The number of hydrogen-bond donors (Lipinski definition) is 2. The third kappa shape index (κ3) is 3.82. The highest BCUT2D eigenvalue weighted by Gasteiger charge is 2.34. The van der Waals surface area contributed by atoms with Gasteiger partial charge >= 0.3 is 5.97 Å². The van der Waals surface area contributed by atoms with Gasteiger partial charge in [-0.15, -0.1) is 0 Å². The van der Waals surface area contributed by atoms with E-state index in [2.05, 4.69) is 19.2 Å². The fourth-order valence-electron chi connectivity index (χ4n) is 1.80. The molecule has 0 aliphatic carbocycles. The molecule has 3 heteroatoms. The molecule has 0 saturated heterocycles. The number of hydrogen-bond acceptors (Lipinski definition) is 2. The first-order valence-corrected chi connectivity index (χ1v) is 6.03. The van der Waals surface area contributed by atoms with E-state index >= 15 is 0 Å². The van der Waals surface area contributed by atoms with E-state index in [0.29, 0.717) is 25.4 Å². The van der Waals surface area contributed by atoms with Crippen molar-refractivity contribution in [2.75, 3.05) is 6.54 Å². The van der Waals surface area contributed by atoms with E-state index in [-0.39, 0.29) is 0 Å². The average Bonchev–Trinajstić information content (AvgIpc) is 2.25. The molecule has 0 aromatic carbocycles. The zero-order valence-electron chi connectivity index (χ0n) is 10.5. The minimum absolute atomic E-state index is 0.446. The van der Waals surface area contributed by atoms with Crippen LogP contribution >= 0.6 is 0 Å². The van der Waals surface area contributed by atoms with Crippen LogP contribution in [0.2, 0.25) is 0 Å². The lowest BCUT2D eigenvalue weighted by atomic mass is 9.82. The van der Waals surface area contributed by atoms with Crippen LogP contribution < -0.4 is 5.32 Å². The summed E-state index contributed by atoms with van der Waals surface area (Å²) in [5.74, 6) is -0.675. The number of nitrogens with one attached hydrogen (secondary N) is 1. The quantitative estimate of drug-likeness (QED) is 0.654. The summed E-state index contributed by atoms with van der Waals surface area (Å²) in [6, 6.07) is 0.446. The summed E-state index contributed by atoms with van der Waals surface area (Å²) in [6.45, 7) is 8.74. The largest absolute Gasteiger partial charge is 0.481 e. The Balaban J connectivity index is 4.35. The Morgan fingerprint density at radius 1 is 1.20 bits per heavy atom. The van der Waals surface area contributed by atoms with Gasteiger partial charge in [-0.1, -0.05) is 27.7 Å². The van der Waals surface area contributed by atoms with Crippen LogP contribution in [0, 0.1) is 5.41 Å². The van der Waals surface area contributed by atoms with Crippen LogP contribution in [0.1, 0.15) is 53.4 Å². The molecule has 0 bridgehead atoms. The molecule has 15 heavy (non-hydrogen) atoms. The predicted molar refractivity (Wildman–Crippen MR) is 63.0 cm³/mol. The normalized spacial score (nSPS) is 12.1. The van der Waals surface area contributed by atoms with Gasteiger partial charge in [0.2, 0.25) is 0 Å². The van der Waals surface area contributed by atoms with Crippen LogP contribution in [0.25, 0.3) is 0 Å². The second-order valence-corrected chi connectivity index (χ2v) is 4.19. The van der Waals surface area contributed by atoms with Gasteiger partial charge in [0.05, 0.1) is 5.41 Å². The van der Waals surface area contributed by atoms with Gasteiger partial charge in [0.25, 0.3) is 0 Å². The first-order chi connectivity index (χ1) is 7.06. The van der Waals surface area contributed by atoms with E-state index in [1.54, 1.807) is 0 Å². The molecule has 0 heterocycles. The Bertz CT molecular complexity index is 184. The molecule has 0 fully saturated rings. The maximum absolute atomic E-state index is 11.2. The van der Waals surface area contributed by atoms with Crippen LogP contribution in [0.3, 0.4) is 0 Å². The van der Waals surface area contributed by atoms with Gasteiger partial charge in [0.15, 0.2) is 0 Å². The molecule has 2 N–H and O–H groups in total. The minimum atomic E-state index is -0.675. The van der Waals surface area contributed by atoms with Gasteiger partial charge in [-0.2, -0.15) is 0 Å². The average molecular weight is 215 g/mol. The summed E-state index contributed by atoms with van der Waals surface area (Å²) in [7, 11) is 0. The fourth-order valence-corrected chi connectivity index (χ4v) is 1.80. The summed E-state index contributed by atoms with van der Waals surface area (Å²) < 4.78 is 0. The molecule has 0 aliphatic heterocycles. The summed E-state index contributed by atoms with van der Waals surface area (Å²) in [4.78, 5) is 11.2. The number of aliphatic carboxylic acids is 1. The van der Waals surface area contributed by atoms with Crippen LogP contribution in [-0.4, -0.2) is 23.7 Å². The Morgan fingerprint density at radius 2 is 1.67 bits per heavy atom. The van der Waals surface area contributed by atoms with Gasteiger partial charge in [0.1, 0.15) is 0 Å². The van der Waals surface area contributed by atoms with Crippen molar-refractivity contribution in [3.05, 3.63) is 0 Å². The molecule has 0 aromatic heterocycles. The van der Waals surface area contributed by atoms with Crippen LogP contribution in [-0.2, 0) is 4.79 Å². The van der Waals surface area contributed by atoms with E-state index in [0.717, 1.165) is 12.8 Å². The first kappa shape index (κ1) is 14.4. The summed E-state index contributed by atoms with van der Waals surface area (Å²) in [6.07, 6.45) is 3.48. The van der Waals surface area contributed by atoms with E-state index in [9.17, 15) is 9.90 Å². The highest BCUT2D eigenvalue weighted by Crippen LogP contribution is 2.26. The molecule has 0 rings (SSSR count). The fraction of sp³-hybridized carbons (Fsp3) is 0.917. The first-order valence-electron chi connectivity index (χ1n) is 6.03. The lowest BCUT2D eigenvalue weighted by Gasteiger charge is -2.29. The molecular weight excluding hydrogens is 190 g/mol. The molecule has 90 valence electrons. The molecule has 0 radical (unpaired) electrons. The topological polar surface area (TPSA) is 49.3 Å². The van der Waals surface area contributed by atoms with E-state index in [1.165, 1.54) is 0 Å². The van der Waals surface area contributed by atoms with Crippen LogP contribution in [0.15, 0.2) is 0 Å². The maximum atomic E-state index is 11.2. The molecular formula is C12H25NO2. The van der Waals surface area contributed by atoms with Crippen molar-refractivity contribution in [1.82, 2.24) is 5.32 Å². The smallest absolute Gasteiger partial charge is 0.310 e. The summed E-state index contributed by atoms with van der Waals surface area (Å²) in [5, 5.41) is 12.6. The third-order valence-electron chi connectivity index (χ3n) is 3.52. The van der Waals surface area contributed by atoms with Crippen LogP contribution in [0.5, 0.6) is 0 Å². The highest BCUT2D eigenvalue weighted by molar-refractivity contribution is 5.74. The molecule has 0 spiro atoms. The van der Waals surface area contributed by atoms with Crippen molar-refractivity contribution >= 4 is 5.97 Å². The molecule has 0 aromatic rings. The molecule has 0 saturated carbocycles. The van der Waals surface area contributed by atoms with Gasteiger partial charge in [-0.05, 0) is 25.7 Å². The molecule has 3 nitrogen and oxygen atoms in total. The maximum Gasteiger partial charge on any atom is 0.310 e. The minimum Gasteiger partial charge on any atom is -0.481 e. The lowest BCUT2D eigenvalue weighted by molar-refractivity contribution is -0.149. The van der Waals surface area contributed by atoms with E-state index < -0.39 is 11.4 Å². The monoisotopic (exact) mass is 215 g/mol. The van der Waals surface area contributed by atoms with Crippen LogP contribution in [0.4, 0.5) is 0 Å². The zero-order chi connectivity index (χ0) is 11.9. The van der Waals surface area contributed by atoms with Crippen molar-refractivity contribution in [2.45, 2.75) is 59.4 Å². The molecule has 0 amide bonds. The standard InChI is InChI=1S/C12H25NO2/c1-5-10(6-2)13-9-12(7-3,8-4)11(14)15/h10,13H,5-9H2,1-4H3,(H,14,15). The van der Waals surface area contributed by atoms with Crippen molar-refractivity contribution in [3.8, 4) is 0 Å². The van der Waals surface area contributed by atoms with Gasteiger partial charge in [0, 0.05) is 12.6 Å². The number of carboxylic acids is 1. The van der Waals surface area contributed by atoms with Gasteiger partial charge in [-0.3, -0.25) is 4.79 Å². The Labute approximate surface area is 93.3 Å². The molecule has 0 aliphatic rings. The second kappa shape index (κ2) is 6.83. The van der Waals surface area contributed by atoms with Gasteiger partial charge < -0.3 is 10.4 Å². The summed E-state index contributed by atoms with van der Waals surface area (Å²) in [5.41, 5.74) is -0.581. The zero-order valence-corrected chi connectivity index (χ0v) is 10.5. The van der Waals surface area contributed by atoms with Crippen molar-refractivity contribution in [1.29, 1.82) is 0 Å². The predicted octanol–water partition coefficient (Wildman–Crippen LogP) is 2.66. The second-order valence-electron chi connectivity index (χ2n) is 4.19. The third-order valence-corrected chi connectivity index (χ3v) is 3.52. The molecule has 0 atom stereocenters. The van der Waals surface area contributed by atoms with Crippen molar-refractivity contribution in [2.24, 2.45) is 5.41 Å². The SMILES string of the molecule is CCC(CC)NCC(CC)(CC)C(=O)O. The van der Waals surface area contributed by atoms with Crippen molar-refractivity contribution in [3.63, 3.8) is 0 Å². The number of carboxylic acid groups (broad SMARTS) is 1. The Kier molecular flexibility index (Phi) is 6.57. The number of carbonyl (C=O) groups is 1.